The van der Waals surface area contributed by atoms with E-state index in [1.165, 1.54) is 0 Å². The molecule has 0 fully saturated rings. The molecular weight excluding hydrogens is 292 g/mol. The van der Waals surface area contributed by atoms with Crippen LogP contribution in [0.2, 0.25) is 5.15 Å². The number of imidazole rings is 1. The van der Waals surface area contributed by atoms with Gasteiger partial charge in [0.2, 0.25) is 0 Å². The molecule has 0 aromatic carbocycles. The highest BCUT2D eigenvalue weighted by molar-refractivity contribution is 6.29. The summed E-state index contributed by atoms with van der Waals surface area (Å²) in [5.74, 6) is 0.293. The first kappa shape index (κ1) is 13.6. The molecule has 0 amide bonds. The maximum absolute atomic E-state index is 5.89. The minimum Gasteiger partial charge on any atom is -0.464 e. The first-order valence-electron chi connectivity index (χ1n) is 6.40. The van der Waals surface area contributed by atoms with Crippen molar-refractivity contribution in [3.8, 4) is 6.01 Å². The van der Waals surface area contributed by atoms with Gasteiger partial charge in [0.25, 0.3) is 0 Å². The molecule has 3 aromatic rings. The monoisotopic (exact) mass is 304 g/mol. The Labute approximate surface area is 125 Å². The lowest BCUT2D eigenvalue weighted by Crippen LogP contribution is -2.05. The van der Waals surface area contributed by atoms with E-state index >= 15 is 0 Å². The molecule has 3 rings (SSSR count). The second-order valence-corrected chi connectivity index (χ2v) is 4.71. The lowest BCUT2D eigenvalue weighted by atomic mass is 10.3. The molecule has 3 aromatic heterocycles. The third kappa shape index (κ3) is 2.73. The van der Waals surface area contributed by atoms with E-state index in [2.05, 4.69) is 19.9 Å². The van der Waals surface area contributed by atoms with Crippen molar-refractivity contribution in [3.63, 3.8) is 0 Å². The molecule has 21 heavy (non-hydrogen) atoms. The lowest BCUT2D eigenvalue weighted by Gasteiger charge is -2.06. The van der Waals surface area contributed by atoms with Gasteiger partial charge in [-0.05, 0) is 19.1 Å². The van der Waals surface area contributed by atoms with Crippen LogP contribution in [0.4, 0.5) is 5.82 Å². The minimum absolute atomic E-state index is 0.239. The average Bonchev–Trinajstić information content (AvgIpc) is 2.83. The summed E-state index contributed by atoms with van der Waals surface area (Å²) in [4.78, 5) is 16.9. The van der Waals surface area contributed by atoms with Crippen LogP contribution in [-0.2, 0) is 6.54 Å². The Morgan fingerprint density at radius 2 is 2.14 bits per heavy atom. The molecule has 0 aliphatic carbocycles. The van der Waals surface area contributed by atoms with E-state index in [0.29, 0.717) is 35.3 Å². The predicted molar refractivity (Wildman–Crippen MR) is 79.3 cm³/mol. The van der Waals surface area contributed by atoms with Gasteiger partial charge in [0, 0.05) is 0 Å². The van der Waals surface area contributed by atoms with Crippen LogP contribution >= 0.6 is 11.6 Å². The molecule has 0 spiro atoms. The van der Waals surface area contributed by atoms with Crippen LogP contribution in [-0.4, -0.2) is 31.1 Å². The maximum Gasteiger partial charge on any atom is 0.320 e. The predicted octanol–water partition coefficient (Wildman–Crippen LogP) is 1.90. The fourth-order valence-corrected chi connectivity index (χ4v) is 2.15. The molecule has 0 aliphatic heterocycles. The van der Waals surface area contributed by atoms with Crippen LogP contribution < -0.4 is 10.5 Å². The SMILES string of the molecule is CCOc1nc(N)c2ncn(Cc3cccc(Cl)n3)c2n1. The molecule has 0 atom stereocenters. The number of fused-ring (bicyclic) bond motifs is 1. The summed E-state index contributed by atoms with van der Waals surface area (Å²) in [5, 5.41) is 0.445. The average molecular weight is 305 g/mol. The maximum atomic E-state index is 5.89. The molecule has 0 unspecified atom stereocenters. The fourth-order valence-electron chi connectivity index (χ4n) is 1.97. The van der Waals surface area contributed by atoms with Crippen molar-refractivity contribution in [1.29, 1.82) is 0 Å². The van der Waals surface area contributed by atoms with Gasteiger partial charge in [-0.25, -0.2) is 9.97 Å². The van der Waals surface area contributed by atoms with Crippen molar-refractivity contribution in [1.82, 2.24) is 24.5 Å². The van der Waals surface area contributed by atoms with Crippen molar-refractivity contribution < 1.29 is 4.74 Å². The number of hydrogen-bond donors (Lipinski definition) is 1. The number of nitrogens with two attached hydrogens (primary N) is 1. The standard InChI is InChI=1S/C13H13ClN6O/c1-2-21-13-18-11(15)10-12(19-13)20(7-16-10)6-8-4-3-5-9(14)17-8/h3-5,7H,2,6H2,1H3,(H2,15,18,19). The van der Waals surface area contributed by atoms with Gasteiger partial charge in [-0.2, -0.15) is 9.97 Å². The summed E-state index contributed by atoms with van der Waals surface area (Å²) in [6.45, 7) is 2.81. The summed E-state index contributed by atoms with van der Waals surface area (Å²) in [6.07, 6.45) is 1.65. The number of anilines is 1. The van der Waals surface area contributed by atoms with Crippen molar-refractivity contribution in [2.45, 2.75) is 13.5 Å². The van der Waals surface area contributed by atoms with Gasteiger partial charge in [0.15, 0.2) is 17.0 Å². The highest BCUT2D eigenvalue weighted by Crippen LogP contribution is 2.20. The Hall–Kier alpha value is -2.41. The largest absolute Gasteiger partial charge is 0.464 e. The number of rotatable bonds is 4. The Morgan fingerprint density at radius 3 is 2.90 bits per heavy atom. The van der Waals surface area contributed by atoms with Crippen LogP contribution in [0.5, 0.6) is 6.01 Å². The highest BCUT2D eigenvalue weighted by atomic mass is 35.5. The Morgan fingerprint density at radius 1 is 1.29 bits per heavy atom. The van der Waals surface area contributed by atoms with E-state index in [0.717, 1.165) is 5.69 Å². The van der Waals surface area contributed by atoms with Crippen LogP contribution in [0.15, 0.2) is 24.5 Å². The zero-order valence-corrected chi connectivity index (χ0v) is 12.1. The number of hydrogen-bond acceptors (Lipinski definition) is 6. The Kier molecular flexibility index (Phi) is 3.57. The van der Waals surface area contributed by atoms with Gasteiger partial charge in [-0.15, -0.1) is 0 Å². The van der Waals surface area contributed by atoms with Crippen LogP contribution in [0.1, 0.15) is 12.6 Å². The first-order valence-corrected chi connectivity index (χ1v) is 6.77. The highest BCUT2D eigenvalue weighted by Gasteiger charge is 2.12. The molecule has 108 valence electrons. The molecule has 0 saturated carbocycles. The van der Waals surface area contributed by atoms with Crippen molar-refractivity contribution >= 4 is 28.6 Å². The zero-order valence-electron chi connectivity index (χ0n) is 11.3. The van der Waals surface area contributed by atoms with Gasteiger partial charge in [-0.1, -0.05) is 17.7 Å². The second-order valence-electron chi connectivity index (χ2n) is 4.32. The summed E-state index contributed by atoms with van der Waals surface area (Å²) in [5.41, 5.74) is 7.82. The number of halogens is 1. The van der Waals surface area contributed by atoms with E-state index in [4.69, 9.17) is 22.1 Å². The van der Waals surface area contributed by atoms with E-state index in [1.54, 1.807) is 12.4 Å². The minimum atomic E-state index is 0.239. The summed E-state index contributed by atoms with van der Waals surface area (Å²) >= 11 is 5.89. The second kappa shape index (κ2) is 5.53. The molecular formula is C13H13ClN6O. The Balaban J connectivity index is 2.02. The van der Waals surface area contributed by atoms with E-state index < -0.39 is 0 Å². The molecule has 8 heteroatoms. The summed E-state index contributed by atoms with van der Waals surface area (Å²) < 4.78 is 7.14. The van der Waals surface area contributed by atoms with Gasteiger partial charge >= 0.3 is 6.01 Å². The van der Waals surface area contributed by atoms with Crippen LogP contribution in [0, 0.1) is 0 Å². The third-order valence-electron chi connectivity index (χ3n) is 2.85. The number of nitrogens with zero attached hydrogens (tertiary/aromatic N) is 5. The summed E-state index contributed by atoms with van der Waals surface area (Å²) in [7, 11) is 0. The quantitative estimate of drug-likeness (QED) is 0.740. The van der Waals surface area contributed by atoms with Gasteiger partial charge < -0.3 is 15.0 Å². The van der Waals surface area contributed by atoms with Crippen LogP contribution in [0.3, 0.4) is 0 Å². The van der Waals surface area contributed by atoms with Gasteiger partial charge in [0.05, 0.1) is 25.2 Å². The smallest absolute Gasteiger partial charge is 0.320 e. The molecule has 0 bridgehead atoms. The van der Waals surface area contributed by atoms with Crippen molar-refractivity contribution in [2.24, 2.45) is 0 Å². The van der Waals surface area contributed by atoms with E-state index in [1.807, 2.05) is 23.6 Å². The number of pyridine rings is 1. The molecule has 0 radical (unpaired) electrons. The fraction of sp³-hybridized carbons (Fsp3) is 0.231. The van der Waals surface area contributed by atoms with Crippen molar-refractivity contribution in [2.75, 3.05) is 12.3 Å². The number of nitrogen functional groups attached to an aromatic ring is 1. The molecule has 0 aliphatic rings. The third-order valence-corrected chi connectivity index (χ3v) is 3.06. The molecule has 0 saturated heterocycles. The summed E-state index contributed by atoms with van der Waals surface area (Å²) in [6, 6.07) is 5.69. The normalized spacial score (nSPS) is 11.0. The topological polar surface area (TPSA) is 91.7 Å². The van der Waals surface area contributed by atoms with E-state index in [-0.39, 0.29) is 6.01 Å². The van der Waals surface area contributed by atoms with Gasteiger partial charge in [-0.3, -0.25) is 0 Å². The van der Waals surface area contributed by atoms with E-state index in [9.17, 15) is 0 Å². The number of aromatic nitrogens is 5. The molecule has 7 nitrogen and oxygen atoms in total. The Bertz CT molecular complexity index is 787. The zero-order chi connectivity index (χ0) is 14.8. The van der Waals surface area contributed by atoms with Gasteiger partial charge in [0.1, 0.15) is 5.15 Å². The van der Waals surface area contributed by atoms with Crippen LogP contribution in [0.25, 0.3) is 11.2 Å². The van der Waals surface area contributed by atoms with Crippen molar-refractivity contribution in [3.05, 3.63) is 35.4 Å². The first-order chi connectivity index (χ1) is 10.2. The number of ether oxygens (including phenoxy) is 1. The lowest BCUT2D eigenvalue weighted by molar-refractivity contribution is 0.314. The molecule has 3 heterocycles. The molecule has 2 N–H and O–H groups in total.